The zero-order valence-electron chi connectivity index (χ0n) is 7.96. The summed E-state index contributed by atoms with van der Waals surface area (Å²) >= 11 is 0. The van der Waals surface area contributed by atoms with Gasteiger partial charge in [0, 0.05) is 12.6 Å². The van der Waals surface area contributed by atoms with Crippen molar-refractivity contribution in [3.8, 4) is 12.3 Å². The van der Waals surface area contributed by atoms with E-state index in [1.54, 1.807) is 0 Å². The number of terminal acetylenes is 1. The van der Waals surface area contributed by atoms with Gasteiger partial charge >= 0.3 is 0 Å². The molecule has 2 heteroatoms. The molecule has 0 spiro atoms. The van der Waals surface area contributed by atoms with Crippen molar-refractivity contribution in [3.63, 3.8) is 0 Å². The molecule has 0 radical (unpaired) electrons. The Morgan fingerprint density at radius 1 is 1.67 bits per heavy atom. The van der Waals surface area contributed by atoms with Gasteiger partial charge in [-0.2, -0.15) is 0 Å². The van der Waals surface area contributed by atoms with E-state index in [-0.39, 0.29) is 6.04 Å². The van der Waals surface area contributed by atoms with Gasteiger partial charge in [-0.3, -0.25) is 4.90 Å². The monoisotopic (exact) mass is 166 g/mol. The van der Waals surface area contributed by atoms with Crippen LogP contribution in [-0.2, 0) is 0 Å². The van der Waals surface area contributed by atoms with Crippen LogP contribution in [0.25, 0.3) is 0 Å². The highest BCUT2D eigenvalue weighted by Gasteiger charge is 2.24. The molecule has 0 aliphatic carbocycles. The van der Waals surface area contributed by atoms with Crippen LogP contribution in [0.4, 0.5) is 0 Å². The summed E-state index contributed by atoms with van der Waals surface area (Å²) < 4.78 is 0. The molecule has 1 aliphatic rings. The zero-order chi connectivity index (χ0) is 9.14. The van der Waals surface area contributed by atoms with Gasteiger partial charge < -0.3 is 5.73 Å². The molecular weight excluding hydrogens is 148 g/mol. The molecule has 3 unspecified atom stereocenters. The summed E-state index contributed by atoms with van der Waals surface area (Å²) in [5.41, 5.74) is 5.95. The van der Waals surface area contributed by atoms with Crippen molar-refractivity contribution in [2.45, 2.75) is 32.4 Å². The summed E-state index contributed by atoms with van der Waals surface area (Å²) in [5.74, 6) is 3.39. The van der Waals surface area contributed by atoms with Crippen LogP contribution in [0, 0.1) is 18.3 Å². The van der Waals surface area contributed by atoms with Gasteiger partial charge in [0.15, 0.2) is 0 Å². The molecule has 68 valence electrons. The van der Waals surface area contributed by atoms with Crippen molar-refractivity contribution in [1.29, 1.82) is 0 Å². The molecule has 0 amide bonds. The Kier molecular flexibility index (Phi) is 3.13. The van der Waals surface area contributed by atoms with Crippen LogP contribution in [0.3, 0.4) is 0 Å². The number of nitrogens with two attached hydrogens (primary N) is 1. The van der Waals surface area contributed by atoms with Crippen molar-refractivity contribution >= 4 is 0 Å². The van der Waals surface area contributed by atoms with Crippen LogP contribution >= 0.6 is 0 Å². The van der Waals surface area contributed by atoms with Gasteiger partial charge in [-0.1, -0.05) is 12.8 Å². The normalized spacial score (nSPS) is 34.2. The largest absolute Gasteiger partial charge is 0.326 e. The van der Waals surface area contributed by atoms with Gasteiger partial charge in [-0.15, -0.1) is 6.42 Å². The van der Waals surface area contributed by atoms with Crippen LogP contribution in [0.1, 0.15) is 20.3 Å². The van der Waals surface area contributed by atoms with E-state index in [4.69, 9.17) is 12.2 Å². The molecule has 0 aromatic carbocycles. The molecule has 0 saturated carbocycles. The second-order valence-electron chi connectivity index (χ2n) is 3.77. The second kappa shape index (κ2) is 3.93. The number of likely N-dealkylation sites (tertiary alicyclic amines) is 1. The lowest BCUT2D eigenvalue weighted by Gasteiger charge is -2.36. The topological polar surface area (TPSA) is 29.3 Å². The van der Waals surface area contributed by atoms with E-state index < -0.39 is 0 Å². The van der Waals surface area contributed by atoms with Gasteiger partial charge in [-0.25, -0.2) is 0 Å². The summed E-state index contributed by atoms with van der Waals surface area (Å²) in [5, 5.41) is 0. The van der Waals surface area contributed by atoms with Crippen molar-refractivity contribution in [1.82, 2.24) is 4.90 Å². The number of hydrogen-bond donors (Lipinski definition) is 1. The first-order chi connectivity index (χ1) is 5.65. The van der Waals surface area contributed by atoms with E-state index in [0.29, 0.717) is 12.0 Å². The molecule has 0 bridgehead atoms. The first kappa shape index (κ1) is 9.57. The standard InChI is InChI=1S/C10H18N2/c1-4-9(3)12-6-5-8(2)10(11)7-12/h1,8-10H,5-7,11H2,2-3H3. The summed E-state index contributed by atoms with van der Waals surface area (Å²) in [4.78, 5) is 2.28. The molecule has 1 saturated heterocycles. The van der Waals surface area contributed by atoms with Crippen LogP contribution in [0.15, 0.2) is 0 Å². The fourth-order valence-corrected chi connectivity index (χ4v) is 1.58. The maximum absolute atomic E-state index is 5.95. The van der Waals surface area contributed by atoms with Gasteiger partial charge in [-0.05, 0) is 25.8 Å². The molecular formula is C10H18N2. The lowest BCUT2D eigenvalue weighted by atomic mass is 9.93. The lowest BCUT2D eigenvalue weighted by molar-refractivity contribution is 0.152. The summed E-state index contributed by atoms with van der Waals surface area (Å²) in [6.45, 7) is 6.32. The molecule has 3 atom stereocenters. The average molecular weight is 166 g/mol. The Morgan fingerprint density at radius 2 is 2.33 bits per heavy atom. The highest BCUT2D eigenvalue weighted by molar-refractivity contribution is 4.99. The Morgan fingerprint density at radius 3 is 2.83 bits per heavy atom. The van der Waals surface area contributed by atoms with Crippen molar-refractivity contribution in [2.75, 3.05) is 13.1 Å². The van der Waals surface area contributed by atoms with Gasteiger partial charge in [0.25, 0.3) is 0 Å². The smallest absolute Gasteiger partial charge is 0.0683 e. The zero-order valence-corrected chi connectivity index (χ0v) is 7.96. The van der Waals surface area contributed by atoms with Crippen LogP contribution in [0.5, 0.6) is 0 Å². The van der Waals surface area contributed by atoms with E-state index in [1.165, 1.54) is 6.42 Å². The number of piperidine rings is 1. The van der Waals surface area contributed by atoms with Crippen LogP contribution in [0.2, 0.25) is 0 Å². The highest BCUT2D eigenvalue weighted by atomic mass is 15.2. The first-order valence-electron chi connectivity index (χ1n) is 4.61. The number of rotatable bonds is 1. The van der Waals surface area contributed by atoms with Crippen molar-refractivity contribution < 1.29 is 0 Å². The Labute approximate surface area is 75.1 Å². The number of nitrogens with zero attached hydrogens (tertiary/aromatic N) is 1. The molecule has 1 rings (SSSR count). The summed E-state index contributed by atoms with van der Waals surface area (Å²) in [6.07, 6.45) is 6.52. The third-order valence-corrected chi connectivity index (χ3v) is 2.84. The SMILES string of the molecule is C#CC(C)N1CCC(C)C(N)C1. The predicted molar refractivity (Wildman–Crippen MR) is 51.6 cm³/mol. The molecule has 0 aromatic rings. The average Bonchev–Trinajstić information content (AvgIpc) is 2.08. The molecule has 0 aromatic heterocycles. The van der Waals surface area contributed by atoms with Gasteiger partial charge in [0.05, 0.1) is 6.04 Å². The van der Waals surface area contributed by atoms with Crippen LogP contribution < -0.4 is 5.73 Å². The van der Waals surface area contributed by atoms with E-state index in [1.807, 2.05) is 0 Å². The fraction of sp³-hybridized carbons (Fsp3) is 0.800. The number of hydrogen-bond acceptors (Lipinski definition) is 2. The van der Waals surface area contributed by atoms with Gasteiger partial charge in [0.2, 0.25) is 0 Å². The second-order valence-corrected chi connectivity index (χ2v) is 3.77. The maximum Gasteiger partial charge on any atom is 0.0683 e. The van der Waals surface area contributed by atoms with E-state index >= 15 is 0 Å². The van der Waals surface area contributed by atoms with E-state index in [0.717, 1.165) is 13.1 Å². The predicted octanol–water partition coefficient (Wildman–Crippen LogP) is 0.677. The third-order valence-electron chi connectivity index (χ3n) is 2.84. The molecule has 1 aliphatic heterocycles. The van der Waals surface area contributed by atoms with Crippen molar-refractivity contribution in [3.05, 3.63) is 0 Å². The van der Waals surface area contributed by atoms with E-state index in [2.05, 4.69) is 24.7 Å². The minimum Gasteiger partial charge on any atom is -0.326 e. The highest BCUT2D eigenvalue weighted by Crippen LogP contribution is 2.16. The maximum atomic E-state index is 5.95. The molecule has 1 fully saturated rings. The molecule has 2 N–H and O–H groups in total. The minimum absolute atomic E-state index is 0.239. The van der Waals surface area contributed by atoms with Crippen molar-refractivity contribution in [2.24, 2.45) is 11.7 Å². The summed E-state index contributed by atoms with van der Waals surface area (Å²) in [7, 11) is 0. The fourth-order valence-electron chi connectivity index (χ4n) is 1.58. The first-order valence-corrected chi connectivity index (χ1v) is 4.61. The molecule has 1 heterocycles. The molecule has 12 heavy (non-hydrogen) atoms. The minimum atomic E-state index is 0.239. The van der Waals surface area contributed by atoms with Crippen LogP contribution in [-0.4, -0.2) is 30.1 Å². The van der Waals surface area contributed by atoms with E-state index in [9.17, 15) is 0 Å². The third kappa shape index (κ3) is 2.00. The Bertz CT molecular complexity index is 183. The quantitative estimate of drug-likeness (QED) is 0.580. The Hall–Kier alpha value is -0.520. The van der Waals surface area contributed by atoms with Gasteiger partial charge in [0.1, 0.15) is 0 Å². The Balaban J connectivity index is 2.46. The summed E-state index contributed by atoms with van der Waals surface area (Å²) in [6, 6.07) is 0.540. The lowest BCUT2D eigenvalue weighted by Crippen LogP contribution is -2.50. The molecule has 2 nitrogen and oxygen atoms in total.